The van der Waals surface area contributed by atoms with E-state index in [0.29, 0.717) is 11.0 Å². The molecule has 8 heteroatoms. The van der Waals surface area contributed by atoms with Gasteiger partial charge in [-0.3, -0.25) is 4.79 Å². The fourth-order valence-corrected chi connectivity index (χ4v) is 5.66. The third-order valence-electron chi connectivity index (χ3n) is 4.16. The van der Waals surface area contributed by atoms with Crippen LogP contribution in [-0.2, 0) is 27.7 Å². The minimum atomic E-state index is -3.75. The van der Waals surface area contributed by atoms with Crippen LogP contribution in [0.25, 0.3) is 0 Å². The zero-order valence-corrected chi connectivity index (χ0v) is 18.4. The van der Waals surface area contributed by atoms with Gasteiger partial charge in [0, 0.05) is 4.88 Å². The van der Waals surface area contributed by atoms with Gasteiger partial charge < -0.3 is 9.59 Å². The molecule has 0 saturated heterocycles. The molecule has 6 nitrogen and oxygen atoms in total. The van der Waals surface area contributed by atoms with E-state index in [1.807, 2.05) is 33.3 Å². The Balaban J connectivity index is 2.07. The van der Waals surface area contributed by atoms with Gasteiger partial charge in [-0.25, -0.2) is 13.1 Å². The van der Waals surface area contributed by atoms with E-state index in [1.165, 1.54) is 22.5 Å². The fraction of sp³-hybridized carbons (Fsp3) is 0.450. The number of sulfonamides is 1. The number of benzene rings is 1. The Bertz CT molecular complexity index is 914. The van der Waals surface area contributed by atoms with Crippen LogP contribution in [0.1, 0.15) is 22.4 Å². The molecule has 1 aromatic carbocycles. The first-order chi connectivity index (χ1) is 12.9. The first-order valence-electron chi connectivity index (χ1n) is 9.13. The van der Waals surface area contributed by atoms with Crippen molar-refractivity contribution in [2.75, 3.05) is 27.7 Å². The first-order valence-corrected chi connectivity index (χ1v) is 11.4. The average Bonchev–Trinajstić information content (AvgIpc) is 3.00. The van der Waals surface area contributed by atoms with Crippen LogP contribution in [-0.4, -0.2) is 57.7 Å². The Labute approximate surface area is 171 Å². The number of nitrogens with one attached hydrogen (secondary N) is 1. The molecule has 1 unspecified atom stereocenters. The van der Waals surface area contributed by atoms with E-state index in [2.05, 4.69) is 29.8 Å². The average molecular weight is 426 g/mol. The SMILES string of the molecule is Cc1cccc(CCc2ccc(S(=O)(=O)NC(CC(=O)O)C[N+](C)(C)C)s2)c1. The Hall–Kier alpha value is -1.74. The zero-order valence-electron chi connectivity index (χ0n) is 16.8. The molecule has 0 spiro atoms. The third kappa shape index (κ3) is 7.35. The largest absolute Gasteiger partial charge is 0.481 e. The lowest BCUT2D eigenvalue weighted by Crippen LogP contribution is -2.49. The van der Waals surface area contributed by atoms with Gasteiger partial charge in [0.2, 0.25) is 0 Å². The number of thiophene rings is 1. The van der Waals surface area contributed by atoms with Gasteiger partial charge in [0.15, 0.2) is 0 Å². The number of hydrogen-bond acceptors (Lipinski definition) is 4. The topological polar surface area (TPSA) is 83.5 Å². The van der Waals surface area contributed by atoms with Crippen LogP contribution in [0.15, 0.2) is 40.6 Å². The maximum atomic E-state index is 12.7. The van der Waals surface area contributed by atoms with E-state index in [-0.39, 0.29) is 10.6 Å². The Morgan fingerprint density at radius 1 is 1.18 bits per heavy atom. The standard InChI is InChI=1S/C20H28N2O4S2/c1-15-6-5-7-16(12-15)8-9-18-10-11-20(27-18)28(25,26)21-17(13-19(23)24)14-22(2,3)4/h5-7,10-12,17,21H,8-9,13-14H2,1-4H3/p+1. The molecule has 2 N–H and O–H groups in total. The van der Waals surface area contributed by atoms with E-state index >= 15 is 0 Å². The molecule has 28 heavy (non-hydrogen) atoms. The smallest absolute Gasteiger partial charge is 0.305 e. The summed E-state index contributed by atoms with van der Waals surface area (Å²) < 4.78 is 28.8. The summed E-state index contributed by atoms with van der Waals surface area (Å²) in [5.74, 6) is -1.02. The van der Waals surface area contributed by atoms with Gasteiger partial charge in [-0.05, 0) is 37.5 Å². The number of aryl methyl sites for hydroxylation is 3. The van der Waals surface area contributed by atoms with E-state index in [9.17, 15) is 13.2 Å². The summed E-state index contributed by atoms with van der Waals surface area (Å²) in [4.78, 5) is 12.1. The molecule has 0 radical (unpaired) electrons. The van der Waals surface area contributed by atoms with Crippen molar-refractivity contribution in [3.8, 4) is 0 Å². The first kappa shape index (κ1) is 22.5. The van der Waals surface area contributed by atoms with Gasteiger partial charge in [0.1, 0.15) is 4.21 Å². The summed E-state index contributed by atoms with van der Waals surface area (Å²) >= 11 is 1.24. The molecule has 0 bridgehead atoms. The van der Waals surface area contributed by atoms with Crippen molar-refractivity contribution in [1.29, 1.82) is 0 Å². The number of carbonyl (C=O) groups is 1. The molecular formula is C20H29N2O4S2+. The number of likely N-dealkylation sites (N-methyl/N-ethyl adjacent to an activating group) is 1. The highest BCUT2D eigenvalue weighted by atomic mass is 32.2. The second-order valence-electron chi connectivity index (χ2n) is 8.10. The molecule has 0 aliphatic rings. The van der Waals surface area contributed by atoms with Crippen molar-refractivity contribution in [2.45, 2.75) is 36.4 Å². The minimum Gasteiger partial charge on any atom is -0.481 e. The summed E-state index contributed by atoms with van der Waals surface area (Å²) in [6.07, 6.45) is 1.36. The summed E-state index contributed by atoms with van der Waals surface area (Å²) in [5.41, 5.74) is 2.43. The monoisotopic (exact) mass is 425 g/mol. The second-order valence-corrected chi connectivity index (χ2v) is 11.2. The Morgan fingerprint density at radius 2 is 1.89 bits per heavy atom. The molecular weight excluding hydrogens is 396 g/mol. The molecule has 1 aromatic heterocycles. The number of nitrogens with zero attached hydrogens (tertiary/aromatic N) is 1. The summed E-state index contributed by atoms with van der Waals surface area (Å²) in [6.45, 7) is 2.44. The van der Waals surface area contributed by atoms with E-state index < -0.39 is 22.0 Å². The van der Waals surface area contributed by atoms with Crippen molar-refractivity contribution in [3.05, 3.63) is 52.4 Å². The number of carboxylic acids is 1. The Morgan fingerprint density at radius 3 is 2.50 bits per heavy atom. The van der Waals surface area contributed by atoms with Crippen LogP contribution in [0.2, 0.25) is 0 Å². The highest BCUT2D eigenvalue weighted by Crippen LogP contribution is 2.23. The summed E-state index contributed by atoms with van der Waals surface area (Å²) in [6, 6.07) is 11.0. The van der Waals surface area contributed by atoms with Crippen molar-refractivity contribution < 1.29 is 22.8 Å². The number of rotatable bonds is 10. The third-order valence-corrected chi connectivity index (χ3v) is 7.31. The lowest BCUT2D eigenvalue weighted by molar-refractivity contribution is -0.871. The molecule has 2 aromatic rings. The lowest BCUT2D eigenvalue weighted by atomic mass is 10.1. The van der Waals surface area contributed by atoms with Gasteiger partial charge in [-0.2, -0.15) is 0 Å². The Kier molecular flexibility index (Phi) is 7.39. The highest BCUT2D eigenvalue weighted by Gasteiger charge is 2.27. The van der Waals surface area contributed by atoms with Crippen LogP contribution < -0.4 is 4.72 Å². The van der Waals surface area contributed by atoms with Crippen LogP contribution in [0.5, 0.6) is 0 Å². The van der Waals surface area contributed by atoms with Crippen LogP contribution in [0.4, 0.5) is 0 Å². The number of carboxylic acid groups (broad SMARTS) is 1. The molecule has 0 amide bonds. The number of hydrogen-bond donors (Lipinski definition) is 2. The maximum absolute atomic E-state index is 12.7. The van der Waals surface area contributed by atoms with E-state index in [4.69, 9.17) is 5.11 Å². The minimum absolute atomic E-state index is 0.226. The molecule has 1 heterocycles. The molecule has 0 aliphatic heterocycles. The molecule has 2 rings (SSSR count). The lowest BCUT2D eigenvalue weighted by Gasteiger charge is -2.28. The van der Waals surface area contributed by atoms with Gasteiger partial charge >= 0.3 is 5.97 Å². The highest BCUT2D eigenvalue weighted by molar-refractivity contribution is 7.91. The molecule has 1 atom stereocenters. The zero-order chi connectivity index (χ0) is 20.9. The quantitative estimate of drug-likeness (QED) is 0.573. The van der Waals surface area contributed by atoms with Gasteiger partial charge in [-0.1, -0.05) is 29.8 Å². The van der Waals surface area contributed by atoms with Crippen molar-refractivity contribution >= 4 is 27.3 Å². The normalized spacial score (nSPS) is 13.4. The second kappa shape index (κ2) is 9.17. The van der Waals surface area contributed by atoms with Gasteiger partial charge in [0.25, 0.3) is 10.0 Å². The van der Waals surface area contributed by atoms with Crippen LogP contribution in [0.3, 0.4) is 0 Å². The molecule has 154 valence electrons. The van der Waals surface area contributed by atoms with Crippen molar-refractivity contribution in [2.24, 2.45) is 0 Å². The van der Waals surface area contributed by atoms with Crippen LogP contribution in [0, 0.1) is 6.92 Å². The van der Waals surface area contributed by atoms with Crippen molar-refractivity contribution in [3.63, 3.8) is 0 Å². The maximum Gasteiger partial charge on any atom is 0.305 e. The van der Waals surface area contributed by atoms with E-state index in [1.54, 1.807) is 6.07 Å². The van der Waals surface area contributed by atoms with E-state index in [0.717, 1.165) is 17.7 Å². The summed E-state index contributed by atoms with van der Waals surface area (Å²) in [7, 11) is 1.95. The van der Waals surface area contributed by atoms with Crippen LogP contribution >= 0.6 is 11.3 Å². The number of aliphatic carboxylic acids is 1. The molecule has 0 aliphatic carbocycles. The fourth-order valence-electron chi connectivity index (χ4n) is 3.07. The predicted octanol–water partition coefficient (Wildman–Crippen LogP) is 2.67. The van der Waals surface area contributed by atoms with Gasteiger partial charge in [0.05, 0.1) is 40.2 Å². The molecule has 0 fully saturated rings. The summed E-state index contributed by atoms with van der Waals surface area (Å²) in [5, 5.41) is 9.11. The predicted molar refractivity (Wildman–Crippen MR) is 112 cm³/mol. The van der Waals surface area contributed by atoms with Crippen molar-refractivity contribution in [1.82, 2.24) is 4.72 Å². The number of quaternary nitrogens is 1. The van der Waals surface area contributed by atoms with Gasteiger partial charge in [-0.15, -0.1) is 11.3 Å². The molecule has 0 saturated carbocycles.